The van der Waals surface area contributed by atoms with E-state index in [1.54, 1.807) is 25.1 Å². The third-order valence-corrected chi connectivity index (χ3v) is 8.63. The van der Waals surface area contributed by atoms with Gasteiger partial charge in [0.2, 0.25) is 11.8 Å². The number of halogens is 1. The summed E-state index contributed by atoms with van der Waals surface area (Å²) in [5, 5.41) is 3.51. The normalized spacial score (nSPS) is 23.1. The number of pyridine rings is 1. The van der Waals surface area contributed by atoms with E-state index in [4.69, 9.17) is 30.7 Å². The van der Waals surface area contributed by atoms with Crippen LogP contribution in [0.2, 0.25) is 0 Å². The molecule has 12 nitrogen and oxygen atoms in total. The smallest absolute Gasteiger partial charge is 0.356 e. The summed E-state index contributed by atoms with van der Waals surface area (Å²) in [5.74, 6) is -1.45. The van der Waals surface area contributed by atoms with Gasteiger partial charge in [-0.1, -0.05) is 31.9 Å². The van der Waals surface area contributed by atoms with Crippen molar-refractivity contribution >= 4 is 46.4 Å². The molecule has 1 aliphatic carbocycles. The lowest BCUT2D eigenvalue weighted by molar-refractivity contribution is -0.148. The lowest BCUT2D eigenvalue weighted by Gasteiger charge is -2.27. The number of allylic oxidation sites excluding steroid dienone is 1. The summed E-state index contributed by atoms with van der Waals surface area (Å²) >= 11 is 5.79. The summed E-state index contributed by atoms with van der Waals surface area (Å²) in [7, 11) is 4.06. The molecule has 1 unspecified atom stereocenters. The van der Waals surface area contributed by atoms with E-state index in [1.807, 2.05) is 12.2 Å². The highest BCUT2D eigenvalue weighted by Gasteiger charge is 2.62. The van der Waals surface area contributed by atoms with E-state index in [9.17, 15) is 19.2 Å². The first-order chi connectivity index (χ1) is 21.6. The molecule has 244 valence electrons. The fourth-order valence-corrected chi connectivity index (χ4v) is 5.76. The summed E-state index contributed by atoms with van der Waals surface area (Å²) < 4.78 is 21.6. The summed E-state index contributed by atoms with van der Waals surface area (Å²) in [6, 6.07) is 4.87. The second kappa shape index (κ2) is 14.9. The van der Waals surface area contributed by atoms with Crippen LogP contribution in [-0.4, -0.2) is 85.2 Å². The van der Waals surface area contributed by atoms with Crippen molar-refractivity contribution < 1.29 is 38.1 Å². The van der Waals surface area contributed by atoms with Gasteiger partial charge < -0.3 is 29.2 Å². The first-order valence-electron chi connectivity index (χ1n) is 15.1. The highest BCUT2D eigenvalue weighted by atomic mass is 35.5. The lowest BCUT2D eigenvalue weighted by Crippen LogP contribution is -2.55. The zero-order valence-corrected chi connectivity index (χ0v) is 27.0. The molecule has 45 heavy (non-hydrogen) atoms. The number of likely N-dealkylation sites (tertiary alicyclic amines) is 1. The van der Waals surface area contributed by atoms with Crippen molar-refractivity contribution in [1.82, 2.24) is 20.0 Å². The Morgan fingerprint density at radius 3 is 2.60 bits per heavy atom. The van der Waals surface area contributed by atoms with Crippen LogP contribution >= 0.6 is 11.8 Å². The second-order valence-corrected chi connectivity index (χ2v) is 11.6. The predicted molar refractivity (Wildman–Crippen MR) is 167 cm³/mol. The van der Waals surface area contributed by atoms with Gasteiger partial charge in [0.1, 0.15) is 29.2 Å². The molecule has 2 aliphatic rings. The number of nitrogens with zero attached hydrogens (tertiary/aromatic N) is 2. The Balaban J connectivity index is 1.59. The van der Waals surface area contributed by atoms with Gasteiger partial charge in [-0.25, -0.2) is 19.4 Å². The number of rotatable bonds is 14. The van der Waals surface area contributed by atoms with Gasteiger partial charge in [-0.15, -0.1) is 0 Å². The Labute approximate surface area is 267 Å². The zero-order valence-electron chi connectivity index (χ0n) is 26.3. The molecule has 2 amide bonds. The number of carbonyl (C=O) groups is 4. The number of hydrogen-bond acceptors (Lipinski definition) is 10. The molecule has 2 heterocycles. The Kier molecular flexibility index (Phi) is 11.3. The quantitative estimate of drug-likeness (QED) is 0.135. The van der Waals surface area contributed by atoms with E-state index in [0.29, 0.717) is 28.8 Å². The topological polar surface area (TPSA) is 145 Å². The van der Waals surface area contributed by atoms with Gasteiger partial charge in [0.05, 0.1) is 39.4 Å². The summed E-state index contributed by atoms with van der Waals surface area (Å²) in [6.45, 7) is 3.77. The SMILES string of the molecule is CCCCC/C=C\C1C[C@]1(NC(=O)[C@@H]1C[C@@H](Oc2cc(C(=O)OC)nc3cc(OC)ccc23)CN1C(=O)[C@H](C)NCl)C(=O)OC. The summed E-state index contributed by atoms with van der Waals surface area (Å²) in [5.41, 5.74) is -0.738. The molecule has 2 aromatic rings. The number of nitrogens with one attached hydrogen (secondary N) is 2. The Hall–Kier alpha value is -3.90. The van der Waals surface area contributed by atoms with Crippen LogP contribution in [0.25, 0.3) is 10.9 Å². The average molecular weight is 645 g/mol. The standard InChI is InChI=1S/C32H41ClN4O8/c1-6-7-8-9-10-11-20-17-32(20,31(41)44-5)35-28(38)26-15-22(18-37(26)29(39)19(2)36-33)45-27-16-25(30(40)43-4)34-24-14-21(42-3)12-13-23(24)27/h10-14,16,19-20,22,26,36H,6-9,15,17-18H2,1-5H3,(H,35,38)/b11-10-/t19-,20?,22+,26-,32+/m0/s1. The summed E-state index contributed by atoms with van der Waals surface area (Å²) in [4.78, 5) is 60.7. The average Bonchev–Trinajstić information content (AvgIpc) is 3.58. The molecular weight excluding hydrogens is 604 g/mol. The van der Waals surface area contributed by atoms with Crippen LogP contribution in [0.1, 0.15) is 62.9 Å². The molecule has 1 saturated heterocycles. The lowest BCUT2D eigenvalue weighted by atomic mass is 10.1. The molecular formula is C32H41ClN4O8. The van der Waals surface area contributed by atoms with Crippen molar-refractivity contribution in [3.63, 3.8) is 0 Å². The number of hydrogen-bond donors (Lipinski definition) is 2. The Morgan fingerprint density at radius 2 is 1.93 bits per heavy atom. The monoisotopic (exact) mass is 644 g/mol. The molecule has 2 fully saturated rings. The van der Waals surface area contributed by atoms with E-state index < -0.39 is 47.5 Å². The largest absolute Gasteiger partial charge is 0.497 e. The van der Waals surface area contributed by atoms with Gasteiger partial charge in [0.25, 0.3) is 0 Å². The fourth-order valence-electron chi connectivity index (χ4n) is 5.67. The van der Waals surface area contributed by atoms with E-state index >= 15 is 0 Å². The Bertz CT molecular complexity index is 1450. The maximum Gasteiger partial charge on any atom is 0.356 e. The third kappa shape index (κ3) is 7.50. The maximum atomic E-state index is 13.8. The van der Waals surface area contributed by atoms with Gasteiger partial charge >= 0.3 is 11.9 Å². The molecule has 0 spiro atoms. The van der Waals surface area contributed by atoms with Crippen LogP contribution in [0.15, 0.2) is 36.4 Å². The maximum absolute atomic E-state index is 13.8. The molecule has 0 bridgehead atoms. The minimum atomic E-state index is -1.20. The van der Waals surface area contributed by atoms with Gasteiger partial charge in [0.15, 0.2) is 5.69 Å². The molecule has 1 aliphatic heterocycles. The minimum Gasteiger partial charge on any atom is -0.497 e. The number of benzene rings is 1. The molecule has 2 N–H and O–H groups in total. The van der Waals surface area contributed by atoms with Crippen LogP contribution in [0.4, 0.5) is 0 Å². The van der Waals surface area contributed by atoms with Gasteiger partial charge in [-0.05, 0) is 50.1 Å². The van der Waals surface area contributed by atoms with E-state index in [-0.39, 0.29) is 24.6 Å². The van der Waals surface area contributed by atoms with E-state index in [1.165, 1.54) is 32.3 Å². The third-order valence-electron chi connectivity index (χ3n) is 8.30. The molecule has 5 atom stereocenters. The molecule has 4 rings (SSSR count). The highest BCUT2D eigenvalue weighted by Crippen LogP contribution is 2.46. The molecule has 1 aromatic carbocycles. The van der Waals surface area contributed by atoms with E-state index in [0.717, 1.165) is 25.7 Å². The van der Waals surface area contributed by atoms with Gasteiger partial charge in [0, 0.05) is 29.9 Å². The van der Waals surface area contributed by atoms with Crippen molar-refractivity contribution in [3.05, 3.63) is 42.1 Å². The Morgan fingerprint density at radius 1 is 1.16 bits per heavy atom. The van der Waals surface area contributed by atoms with Gasteiger partial charge in [-0.2, -0.15) is 0 Å². The molecule has 1 saturated carbocycles. The summed E-state index contributed by atoms with van der Waals surface area (Å²) in [6.07, 6.45) is 8.03. The van der Waals surface area contributed by atoms with Crippen molar-refractivity contribution in [3.8, 4) is 11.5 Å². The first kappa shape index (κ1) is 34.0. The number of methoxy groups -OCH3 is 3. The van der Waals surface area contributed by atoms with Crippen molar-refractivity contribution in [2.45, 2.75) is 76.1 Å². The number of carbonyl (C=O) groups excluding carboxylic acids is 4. The number of unbranched alkanes of at least 4 members (excludes halogenated alkanes) is 3. The van der Waals surface area contributed by atoms with E-state index in [2.05, 4.69) is 22.1 Å². The number of esters is 2. The van der Waals surface area contributed by atoms with Crippen LogP contribution < -0.4 is 19.6 Å². The van der Waals surface area contributed by atoms with Crippen molar-refractivity contribution in [2.24, 2.45) is 5.92 Å². The van der Waals surface area contributed by atoms with Crippen LogP contribution in [0, 0.1) is 5.92 Å². The molecule has 13 heteroatoms. The molecule has 0 radical (unpaired) electrons. The van der Waals surface area contributed by atoms with Crippen LogP contribution in [-0.2, 0) is 23.9 Å². The van der Waals surface area contributed by atoms with Crippen molar-refractivity contribution in [2.75, 3.05) is 27.9 Å². The van der Waals surface area contributed by atoms with Crippen LogP contribution in [0.5, 0.6) is 11.5 Å². The number of fused-ring (bicyclic) bond motifs is 1. The second-order valence-electron chi connectivity index (χ2n) is 11.4. The zero-order chi connectivity index (χ0) is 32.7. The number of ether oxygens (including phenoxy) is 4. The molecule has 1 aromatic heterocycles. The van der Waals surface area contributed by atoms with Crippen molar-refractivity contribution in [1.29, 1.82) is 0 Å². The van der Waals surface area contributed by atoms with Gasteiger partial charge in [-0.3, -0.25) is 9.59 Å². The predicted octanol–water partition coefficient (Wildman–Crippen LogP) is 3.69. The number of aromatic nitrogens is 1. The highest BCUT2D eigenvalue weighted by molar-refractivity contribution is 6.15. The fraction of sp³-hybridized carbons (Fsp3) is 0.531. The number of amides is 2. The van der Waals surface area contributed by atoms with Crippen LogP contribution in [0.3, 0.4) is 0 Å². The minimum absolute atomic E-state index is 0.0241. The first-order valence-corrected chi connectivity index (χ1v) is 15.5.